The van der Waals surface area contributed by atoms with Crippen LogP contribution >= 0.6 is 0 Å². The van der Waals surface area contributed by atoms with E-state index < -0.39 is 28.6 Å². The lowest BCUT2D eigenvalue weighted by molar-refractivity contribution is -0.385. The van der Waals surface area contributed by atoms with E-state index in [2.05, 4.69) is 12.2 Å². The molecular weight excluding hydrogens is 380 g/mol. The lowest BCUT2D eigenvalue weighted by atomic mass is 9.86. The van der Waals surface area contributed by atoms with E-state index in [0.717, 1.165) is 31.7 Å². The number of hydrogen-bond acceptors (Lipinski definition) is 7. The maximum absolute atomic E-state index is 12.6. The fourth-order valence-corrected chi connectivity index (χ4v) is 3.40. The first-order valence-electron chi connectivity index (χ1n) is 9.79. The second-order valence-corrected chi connectivity index (χ2v) is 7.13. The molecule has 0 saturated heterocycles. The topological polar surface area (TPSA) is 117 Å². The summed E-state index contributed by atoms with van der Waals surface area (Å²) in [6.07, 6.45) is 3.02. The summed E-state index contributed by atoms with van der Waals surface area (Å²) >= 11 is 0. The van der Waals surface area contributed by atoms with Crippen LogP contribution in [-0.2, 0) is 9.53 Å². The second-order valence-electron chi connectivity index (χ2n) is 7.13. The smallest absolute Gasteiger partial charge is 0.346 e. The molecule has 1 aliphatic rings. The highest BCUT2D eigenvalue weighted by Crippen LogP contribution is 2.35. The minimum Gasteiger partial charge on any atom is -0.493 e. The van der Waals surface area contributed by atoms with Crippen molar-refractivity contribution < 1.29 is 28.7 Å². The van der Waals surface area contributed by atoms with Crippen molar-refractivity contribution in [3.63, 3.8) is 0 Å². The van der Waals surface area contributed by atoms with Gasteiger partial charge in [-0.15, -0.1) is 0 Å². The third-order valence-corrected chi connectivity index (χ3v) is 5.09. The molecule has 160 valence electrons. The number of nitrogens with one attached hydrogen (secondary N) is 1. The van der Waals surface area contributed by atoms with Crippen LogP contribution in [0.1, 0.15) is 56.8 Å². The number of methoxy groups -OCH3 is 1. The minimum atomic E-state index is -1.09. The van der Waals surface area contributed by atoms with Gasteiger partial charge in [-0.05, 0) is 32.6 Å². The molecule has 1 aliphatic carbocycles. The molecule has 29 heavy (non-hydrogen) atoms. The van der Waals surface area contributed by atoms with Crippen LogP contribution in [0.3, 0.4) is 0 Å². The quantitative estimate of drug-likeness (QED) is 0.399. The van der Waals surface area contributed by atoms with Gasteiger partial charge in [0.15, 0.2) is 17.6 Å². The summed E-state index contributed by atoms with van der Waals surface area (Å²) in [6, 6.07) is 2.35. The van der Waals surface area contributed by atoms with Gasteiger partial charge < -0.3 is 19.5 Å². The Morgan fingerprint density at radius 3 is 2.55 bits per heavy atom. The van der Waals surface area contributed by atoms with E-state index in [9.17, 15) is 19.7 Å². The molecule has 2 rings (SSSR count). The number of amides is 1. The molecule has 0 radical (unpaired) electrons. The van der Waals surface area contributed by atoms with E-state index in [0.29, 0.717) is 5.92 Å². The summed E-state index contributed by atoms with van der Waals surface area (Å²) in [5.74, 6) is -0.724. The Labute approximate surface area is 169 Å². The molecule has 3 atom stereocenters. The molecule has 0 aromatic heterocycles. The molecule has 1 fully saturated rings. The minimum absolute atomic E-state index is 0.0391. The number of benzene rings is 1. The lowest BCUT2D eigenvalue weighted by Crippen LogP contribution is -2.46. The number of nitro benzene ring substituents is 1. The number of nitrogens with zero attached hydrogens (tertiary/aromatic N) is 1. The van der Waals surface area contributed by atoms with Gasteiger partial charge in [-0.3, -0.25) is 14.9 Å². The van der Waals surface area contributed by atoms with Crippen molar-refractivity contribution in [3.05, 3.63) is 27.8 Å². The zero-order valence-corrected chi connectivity index (χ0v) is 17.2. The fraction of sp³-hybridized carbons (Fsp3) is 0.600. The van der Waals surface area contributed by atoms with Gasteiger partial charge in [-0.2, -0.15) is 0 Å². The van der Waals surface area contributed by atoms with E-state index in [1.54, 1.807) is 6.92 Å². The predicted octanol–water partition coefficient (Wildman–Crippen LogP) is 3.24. The van der Waals surface area contributed by atoms with Crippen molar-refractivity contribution in [3.8, 4) is 11.5 Å². The Bertz CT molecular complexity index is 765. The average molecular weight is 408 g/mol. The molecule has 0 aliphatic heterocycles. The fourth-order valence-electron chi connectivity index (χ4n) is 3.40. The van der Waals surface area contributed by atoms with Crippen molar-refractivity contribution in [1.82, 2.24) is 5.32 Å². The molecule has 0 heterocycles. The molecule has 1 aromatic carbocycles. The molecule has 1 saturated carbocycles. The third-order valence-electron chi connectivity index (χ3n) is 5.09. The van der Waals surface area contributed by atoms with Crippen molar-refractivity contribution in [2.24, 2.45) is 5.92 Å². The van der Waals surface area contributed by atoms with E-state index in [-0.39, 0.29) is 29.7 Å². The summed E-state index contributed by atoms with van der Waals surface area (Å²) in [4.78, 5) is 35.7. The van der Waals surface area contributed by atoms with Gasteiger partial charge in [0.05, 0.1) is 24.7 Å². The van der Waals surface area contributed by atoms with Crippen molar-refractivity contribution >= 4 is 17.6 Å². The van der Waals surface area contributed by atoms with Crippen LogP contribution in [0.5, 0.6) is 11.5 Å². The van der Waals surface area contributed by atoms with Gasteiger partial charge >= 0.3 is 5.97 Å². The molecule has 0 bridgehead atoms. The number of esters is 1. The van der Waals surface area contributed by atoms with Crippen molar-refractivity contribution in [2.75, 3.05) is 13.7 Å². The average Bonchev–Trinajstić information content (AvgIpc) is 2.69. The van der Waals surface area contributed by atoms with Crippen molar-refractivity contribution in [1.29, 1.82) is 0 Å². The lowest BCUT2D eigenvalue weighted by Gasteiger charge is -2.30. The second kappa shape index (κ2) is 10.1. The number of carbonyl (C=O) groups is 2. The van der Waals surface area contributed by atoms with E-state index in [4.69, 9.17) is 14.2 Å². The van der Waals surface area contributed by atoms with Crippen LogP contribution in [0.25, 0.3) is 0 Å². The molecular formula is C20H28N2O7. The summed E-state index contributed by atoms with van der Waals surface area (Å²) in [5.41, 5.74) is -0.784. The standard InChI is InChI=1S/C20H28N2O7/c1-5-28-18-10-14(16(22(25)26)11-17(18)27-4)20(24)29-13(3)19(23)21-15-9-7-6-8-12(15)2/h10-13,15H,5-9H2,1-4H3,(H,21,23)/t12-,13-,15+/m0/s1. The van der Waals surface area contributed by atoms with Gasteiger partial charge in [-0.25, -0.2) is 4.79 Å². The number of carbonyl (C=O) groups excluding carboxylic acids is 2. The van der Waals surface area contributed by atoms with Gasteiger partial charge in [-0.1, -0.05) is 19.8 Å². The van der Waals surface area contributed by atoms with Crippen LogP contribution in [0, 0.1) is 16.0 Å². The summed E-state index contributed by atoms with van der Waals surface area (Å²) < 4.78 is 15.7. The number of rotatable bonds is 8. The monoisotopic (exact) mass is 408 g/mol. The number of ether oxygens (including phenoxy) is 3. The Balaban J connectivity index is 2.16. The number of hydrogen-bond donors (Lipinski definition) is 1. The van der Waals surface area contributed by atoms with Crippen LogP contribution < -0.4 is 14.8 Å². The van der Waals surface area contributed by atoms with Gasteiger partial charge in [0.25, 0.3) is 11.6 Å². The summed E-state index contributed by atoms with van der Waals surface area (Å²) in [6.45, 7) is 5.54. The first-order valence-corrected chi connectivity index (χ1v) is 9.79. The highest BCUT2D eigenvalue weighted by Gasteiger charge is 2.30. The van der Waals surface area contributed by atoms with E-state index in [1.165, 1.54) is 20.1 Å². The highest BCUT2D eigenvalue weighted by molar-refractivity contribution is 5.96. The molecule has 0 spiro atoms. The largest absolute Gasteiger partial charge is 0.493 e. The van der Waals surface area contributed by atoms with Crippen molar-refractivity contribution in [2.45, 2.75) is 58.6 Å². The molecule has 1 aromatic rings. The summed E-state index contributed by atoms with van der Waals surface area (Å²) in [5, 5.41) is 14.3. The van der Waals surface area contributed by atoms with Gasteiger partial charge in [0, 0.05) is 12.1 Å². The molecule has 1 N–H and O–H groups in total. The predicted molar refractivity (Wildman–Crippen MR) is 105 cm³/mol. The Morgan fingerprint density at radius 1 is 1.28 bits per heavy atom. The maximum atomic E-state index is 12.6. The van der Waals surface area contributed by atoms with Crippen LogP contribution in [0.4, 0.5) is 5.69 Å². The Hall–Kier alpha value is -2.84. The van der Waals surface area contributed by atoms with E-state index in [1.807, 2.05) is 0 Å². The highest BCUT2D eigenvalue weighted by atomic mass is 16.6. The van der Waals surface area contributed by atoms with Crippen LogP contribution in [0.15, 0.2) is 12.1 Å². The SMILES string of the molecule is CCOc1cc(C(=O)O[C@@H](C)C(=O)N[C@@H]2CCCC[C@@H]2C)c([N+](=O)[O-])cc1OC. The van der Waals surface area contributed by atoms with Gasteiger partial charge in [0.2, 0.25) is 0 Å². The number of nitro groups is 1. The zero-order chi connectivity index (χ0) is 21.6. The third kappa shape index (κ3) is 5.58. The Kier molecular flexibility index (Phi) is 7.81. The summed E-state index contributed by atoms with van der Waals surface area (Å²) in [7, 11) is 1.35. The molecule has 9 nitrogen and oxygen atoms in total. The Morgan fingerprint density at radius 2 is 1.97 bits per heavy atom. The molecule has 0 unspecified atom stereocenters. The van der Waals surface area contributed by atoms with Gasteiger partial charge in [0.1, 0.15) is 5.56 Å². The first-order chi connectivity index (χ1) is 13.8. The maximum Gasteiger partial charge on any atom is 0.346 e. The van der Waals surface area contributed by atoms with Crippen LogP contribution in [0.2, 0.25) is 0 Å². The molecule has 9 heteroatoms. The molecule has 1 amide bonds. The zero-order valence-electron chi connectivity index (χ0n) is 17.2. The normalized spacial score (nSPS) is 19.7. The van der Waals surface area contributed by atoms with E-state index >= 15 is 0 Å². The van der Waals surface area contributed by atoms with Crippen LogP contribution in [-0.4, -0.2) is 42.7 Å². The first kappa shape index (κ1) is 22.4.